The molecule has 0 saturated heterocycles. The fourth-order valence-corrected chi connectivity index (χ4v) is 2.04. The molecule has 0 bridgehead atoms. The monoisotopic (exact) mass is 461 g/mol. The van der Waals surface area contributed by atoms with Crippen molar-refractivity contribution in [2.24, 2.45) is 0 Å². The molecule has 0 aliphatic carbocycles. The maximum atomic E-state index is 7.50. The topological polar surface area (TPSA) is 102 Å². The number of aromatic nitrogens is 6. The van der Waals surface area contributed by atoms with E-state index in [1.165, 1.54) is 0 Å². The standard InChI is InChI=1S/C9H9BN6.C6H7O.2CO.Mo/c1-4-11-14(7-1)10(15-8-2-5-12-15)16-9-3-6-13-16;1-6-3-2-4-7-5-6;2*1-2;/h1-9H;2-5H,1H3;;;/q-1;;;;+2. The summed E-state index contributed by atoms with van der Waals surface area (Å²) in [4.78, 5) is 0. The molecule has 3 aromatic heterocycles. The normalized spacial score (nSPS) is 11.6. The van der Waals surface area contributed by atoms with E-state index in [-0.39, 0.29) is 28.2 Å². The number of hydrogen-bond donors (Lipinski definition) is 0. The molecule has 3 aromatic rings. The van der Waals surface area contributed by atoms with Crippen molar-refractivity contribution in [2.75, 3.05) is 0 Å². The molecule has 4 rings (SSSR count). The Morgan fingerprint density at radius 3 is 1.50 bits per heavy atom. The number of rotatable bonds is 3. The minimum Gasteiger partial charge on any atom is -0.425 e. The van der Waals surface area contributed by atoms with Gasteiger partial charge in [-0.3, -0.25) is 0 Å². The molecule has 0 aromatic carbocycles. The summed E-state index contributed by atoms with van der Waals surface area (Å²) in [5.41, 5.74) is 1.16. The van der Waals surface area contributed by atoms with Crippen LogP contribution in [0, 0.1) is 32.7 Å². The van der Waals surface area contributed by atoms with Gasteiger partial charge in [0.2, 0.25) is 0 Å². The predicted molar refractivity (Wildman–Crippen MR) is 94.2 cm³/mol. The molecule has 1 aliphatic heterocycles. The summed E-state index contributed by atoms with van der Waals surface area (Å²) in [7, 11) is -0.194. The van der Waals surface area contributed by atoms with Crippen molar-refractivity contribution in [3.8, 4) is 0 Å². The molecule has 28 heavy (non-hydrogen) atoms. The number of hydrogen-bond acceptors (Lipinski definition) is 4. The first kappa shape index (κ1) is 25.4. The molecule has 0 amide bonds. The van der Waals surface area contributed by atoms with Crippen LogP contribution in [0.4, 0.5) is 0 Å². The van der Waals surface area contributed by atoms with E-state index in [1.807, 2.05) is 56.6 Å². The molecule has 0 atom stereocenters. The molecule has 0 spiro atoms. The Kier molecular flexibility index (Phi) is 14.0. The van der Waals surface area contributed by atoms with Gasteiger partial charge < -0.3 is 18.5 Å². The molecule has 140 valence electrons. The Balaban J connectivity index is 0.000000516. The van der Waals surface area contributed by atoms with Gasteiger partial charge in [-0.2, -0.15) is 0 Å². The molecular weight excluding hydrogens is 443 g/mol. The first-order chi connectivity index (χ1) is 13.3. The van der Waals surface area contributed by atoms with Crippen LogP contribution < -0.4 is 0 Å². The maximum absolute atomic E-state index is 7.50. The number of ether oxygens (including phenoxy) is 1. The van der Waals surface area contributed by atoms with Crippen LogP contribution in [0.5, 0.6) is 0 Å². The molecular formula is C17H16BMoN6O3+. The van der Waals surface area contributed by atoms with Crippen molar-refractivity contribution >= 4 is 7.12 Å². The summed E-state index contributed by atoms with van der Waals surface area (Å²) < 4.78 is 25.2. The largest absolute Gasteiger partial charge is 2.00 e. The van der Waals surface area contributed by atoms with Crippen LogP contribution in [0.25, 0.3) is 0 Å². The van der Waals surface area contributed by atoms with Gasteiger partial charge in [-0.15, -0.1) is 0 Å². The van der Waals surface area contributed by atoms with Gasteiger partial charge in [-0.05, 0) is 55.7 Å². The minimum atomic E-state index is -0.194. The van der Waals surface area contributed by atoms with Crippen molar-refractivity contribution in [1.29, 1.82) is 0 Å². The summed E-state index contributed by atoms with van der Waals surface area (Å²) in [5.74, 6) is 0. The van der Waals surface area contributed by atoms with Gasteiger partial charge in [0.15, 0.2) is 0 Å². The first-order valence-corrected chi connectivity index (χ1v) is 7.55. The molecule has 0 saturated carbocycles. The number of allylic oxidation sites excluding steroid dienone is 1. The molecule has 9 nitrogen and oxygen atoms in total. The van der Waals surface area contributed by atoms with Gasteiger partial charge in [0.1, 0.15) is 6.61 Å². The van der Waals surface area contributed by atoms with E-state index in [2.05, 4.69) is 28.6 Å². The molecule has 4 radical (unpaired) electrons. The van der Waals surface area contributed by atoms with Crippen molar-refractivity contribution in [2.45, 2.75) is 6.92 Å². The third kappa shape index (κ3) is 7.96. The Hall–Kier alpha value is -2.60. The van der Waals surface area contributed by atoms with E-state index in [9.17, 15) is 0 Å². The van der Waals surface area contributed by atoms with Crippen molar-refractivity contribution < 1.29 is 35.1 Å². The average molecular weight is 459 g/mol. The van der Waals surface area contributed by atoms with E-state index in [0.29, 0.717) is 0 Å². The van der Waals surface area contributed by atoms with E-state index in [1.54, 1.807) is 45.2 Å². The smallest absolute Gasteiger partial charge is 0.425 e. The molecule has 0 unspecified atom stereocenters. The predicted octanol–water partition coefficient (Wildman–Crippen LogP) is 1.62. The van der Waals surface area contributed by atoms with Crippen LogP contribution in [0.1, 0.15) is 6.92 Å². The third-order valence-corrected chi connectivity index (χ3v) is 3.05. The maximum Gasteiger partial charge on any atom is 2.00 e. The van der Waals surface area contributed by atoms with Crippen LogP contribution in [0.3, 0.4) is 0 Å². The van der Waals surface area contributed by atoms with Crippen LogP contribution in [0.15, 0.2) is 67.2 Å². The molecule has 1 aliphatic rings. The zero-order valence-electron chi connectivity index (χ0n) is 14.9. The van der Waals surface area contributed by atoms with Gasteiger partial charge in [0.25, 0.3) is 7.12 Å². The van der Waals surface area contributed by atoms with Crippen LogP contribution in [-0.2, 0) is 35.1 Å². The molecule has 0 fully saturated rings. The fraction of sp³-hybridized carbons (Fsp3) is 0.0588. The number of nitrogens with zero attached hydrogens (tertiary/aromatic N) is 6. The summed E-state index contributed by atoms with van der Waals surface area (Å²) >= 11 is 0. The quantitative estimate of drug-likeness (QED) is 0.338. The molecule has 11 heteroatoms. The Morgan fingerprint density at radius 2 is 1.29 bits per heavy atom. The molecule has 0 N–H and O–H groups in total. The second kappa shape index (κ2) is 15.5. The first-order valence-electron chi connectivity index (χ1n) is 7.55. The average Bonchev–Trinajstić information content (AvgIpc) is 3.51. The summed E-state index contributed by atoms with van der Waals surface area (Å²) in [6, 6.07) is 5.62. The minimum absolute atomic E-state index is 0. The van der Waals surface area contributed by atoms with Crippen LogP contribution >= 0.6 is 0 Å². The van der Waals surface area contributed by atoms with Crippen molar-refractivity contribution in [1.82, 2.24) is 29.1 Å². The SMILES string of the molecule is CC1=CO[CH][CH][CH]1.[C-]#[O+].[C-]#[O+].[Mo+2].c1cnn([B-](n2cccn2)n2cccn2)c1. The van der Waals surface area contributed by atoms with E-state index in [4.69, 9.17) is 14.0 Å². The second-order valence-corrected chi connectivity index (χ2v) is 4.80. The van der Waals surface area contributed by atoms with Gasteiger partial charge in [0, 0.05) is 25.0 Å². The third-order valence-electron chi connectivity index (χ3n) is 3.05. The van der Waals surface area contributed by atoms with Crippen molar-refractivity contribution in [3.05, 3.63) is 100.0 Å². The molecule has 4 heterocycles. The second-order valence-electron chi connectivity index (χ2n) is 4.80. The summed E-state index contributed by atoms with van der Waals surface area (Å²) in [6.45, 7) is 12.6. The fourth-order valence-electron chi connectivity index (χ4n) is 2.04. The zero-order chi connectivity index (χ0) is 19.9. The summed E-state index contributed by atoms with van der Waals surface area (Å²) in [6.07, 6.45) is 16.4. The summed E-state index contributed by atoms with van der Waals surface area (Å²) in [5, 5.41) is 12.7. The van der Waals surface area contributed by atoms with E-state index >= 15 is 0 Å². The van der Waals surface area contributed by atoms with Gasteiger partial charge in [-0.1, -0.05) is 0 Å². The van der Waals surface area contributed by atoms with Crippen LogP contribution in [0.2, 0.25) is 0 Å². The Bertz CT molecular complexity index is 713. The van der Waals surface area contributed by atoms with E-state index in [0.717, 1.165) is 5.57 Å². The van der Waals surface area contributed by atoms with Gasteiger partial charge in [0.05, 0.1) is 6.26 Å². The van der Waals surface area contributed by atoms with Crippen molar-refractivity contribution in [3.63, 3.8) is 0 Å². The Labute approximate surface area is 178 Å². The van der Waals surface area contributed by atoms with Crippen LogP contribution in [-0.4, -0.2) is 36.2 Å². The zero-order valence-corrected chi connectivity index (χ0v) is 16.9. The Morgan fingerprint density at radius 1 is 0.857 bits per heavy atom. The van der Waals surface area contributed by atoms with Gasteiger partial charge >= 0.3 is 43.7 Å². The van der Waals surface area contributed by atoms with Gasteiger partial charge in [-0.25, -0.2) is 15.3 Å². The van der Waals surface area contributed by atoms with E-state index < -0.39 is 0 Å².